The highest BCUT2D eigenvalue weighted by molar-refractivity contribution is 14.0. The monoisotopic (exact) mass is 560 g/mol. The van der Waals surface area contributed by atoms with Crippen LogP contribution < -0.4 is 10.6 Å². The number of morpholine rings is 1. The van der Waals surface area contributed by atoms with Crippen molar-refractivity contribution in [3.63, 3.8) is 0 Å². The topological polar surface area (TPSA) is 95.3 Å². The first-order valence-electron chi connectivity index (χ1n) is 11.3. The molecule has 2 saturated heterocycles. The molecular weight excluding hydrogens is 523 g/mol. The number of nitrogens with one attached hydrogen (secondary N) is 2. The molecule has 2 heterocycles. The van der Waals surface area contributed by atoms with Gasteiger partial charge in [-0.1, -0.05) is 12.1 Å². The summed E-state index contributed by atoms with van der Waals surface area (Å²) in [7, 11) is 0. The molecule has 1 aromatic carbocycles. The van der Waals surface area contributed by atoms with Crippen LogP contribution in [-0.2, 0) is 11.3 Å². The van der Waals surface area contributed by atoms with Gasteiger partial charge in [0.1, 0.15) is 0 Å². The molecule has 3 rings (SSSR count). The molecule has 2 aliphatic heterocycles. The summed E-state index contributed by atoms with van der Waals surface area (Å²) >= 11 is 0. The number of nitro benzene ring substituents is 1. The second kappa shape index (κ2) is 13.9. The van der Waals surface area contributed by atoms with Crippen LogP contribution in [0.5, 0.6) is 0 Å². The van der Waals surface area contributed by atoms with Gasteiger partial charge in [-0.15, -0.1) is 24.0 Å². The molecule has 0 radical (unpaired) electrons. The van der Waals surface area contributed by atoms with Crippen molar-refractivity contribution in [2.75, 3.05) is 52.5 Å². The number of piperidine rings is 1. The predicted octanol–water partition coefficient (Wildman–Crippen LogP) is 2.45. The number of nitrogens with zero attached hydrogens (tertiary/aromatic N) is 4. The molecule has 32 heavy (non-hydrogen) atoms. The first-order chi connectivity index (χ1) is 15.0. The lowest BCUT2D eigenvalue weighted by molar-refractivity contribution is -0.384. The maximum atomic E-state index is 10.9. The number of non-ortho nitro benzene ring substituents is 1. The molecule has 0 aliphatic carbocycles. The van der Waals surface area contributed by atoms with Gasteiger partial charge >= 0.3 is 0 Å². The van der Waals surface area contributed by atoms with Gasteiger partial charge in [0.25, 0.3) is 5.69 Å². The van der Waals surface area contributed by atoms with E-state index in [2.05, 4.69) is 34.3 Å². The molecule has 9 nitrogen and oxygen atoms in total. The third-order valence-electron chi connectivity index (χ3n) is 5.99. The van der Waals surface area contributed by atoms with Gasteiger partial charge in [0.15, 0.2) is 5.96 Å². The number of rotatable bonds is 8. The molecule has 0 bridgehead atoms. The minimum absolute atomic E-state index is 0. The van der Waals surface area contributed by atoms with E-state index in [1.165, 1.54) is 12.1 Å². The van der Waals surface area contributed by atoms with Crippen LogP contribution in [0.4, 0.5) is 5.69 Å². The molecule has 10 heteroatoms. The van der Waals surface area contributed by atoms with E-state index in [0.29, 0.717) is 18.6 Å². The SMILES string of the molecule is CC(C)N1CCC(NC(=NCc2ccc([N+](=O)[O-])cc2)NCCN2CCOCC2)CC1.I. The van der Waals surface area contributed by atoms with Crippen molar-refractivity contribution in [3.8, 4) is 0 Å². The largest absolute Gasteiger partial charge is 0.379 e. The molecule has 0 spiro atoms. The first kappa shape index (κ1) is 26.7. The maximum Gasteiger partial charge on any atom is 0.269 e. The van der Waals surface area contributed by atoms with Gasteiger partial charge in [-0.3, -0.25) is 15.0 Å². The number of guanidine groups is 1. The van der Waals surface area contributed by atoms with E-state index in [1.807, 2.05) is 0 Å². The van der Waals surface area contributed by atoms with Crippen LogP contribution in [0.1, 0.15) is 32.3 Å². The molecule has 2 N–H and O–H groups in total. The summed E-state index contributed by atoms with van der Waals surface area (Å²) in [6, 6.07) is 7.60. The quantitative estimate of drug-likeness (QED) is 0.166. The van der Waals surface area contributed by atoms with Gasteiger partial charge in [0.05, 0.1) is 24.7 Å². The van der Waals surface area contributed by atoms with Crippen molar-refractivity contribution in [1.29, 1.82) is 0 Å². The Balaban J connectivity index is 0.00000363. The third kappa shape index (κ3) is 8.80. The molecule has 0 amide bonds. The van der Waals surface area contributed by atoms with Crippen LogP contribution in [0.3, 0.4) is 0 Å². The van der Waals surface area contributed by atoms with E-state index in [4.69, 9.17) is 9.73 Å². The predicted molar refractivity (Wildman–Crippen MR) is 138 cm³/mol. The van der Waals surface area contributed by atoms with Crippen LogP contribution in [0.2, 0.25) is 0 Å². The lowest BCUT2D eigenvalue weighted by Crippen LogP contribution is -2.51. The highest BCUT2D eigenvalue weighted by atomic mass is 127. The Hall–Kier alpha value is -1.50. The number of halogens is 1. The standard InChI is InChI=1S/C22H36N6O3.HI/c1-18(2)27-10-7-20(8-11-27)25-22(23-9-12-26-13-15-31-16-14-26)24-17-19-3-5-21(6-4-19)28(29)30;/h3-6,18,20H,7-17H2,1-2H3,(H2,23,24,25);1H. The molecule has 0 saturated carbocycles. The molecule has 0 atom stereocenters. The lowest BCUT2D eigenvalue weighted by atomic mass is 10.0. The van der Waals surface area contributed by atoms with E-state index >= 15 is 0 Å². The minimum atomic E-state index is -0.378. The summed E-state index contributed by atoms with van der Waals surface area (Å²) in [5, 5.41) is 18.0. The zero-order chi connectivity index (χ0) is 22.1. The molecule has 2 fully saturated rings. The second-order valence-electron chi connectivity index (χ2n) is 8.52. The minimum Gasteiger partial charge on any atom is -0.379 e. The van der Waals surface area contributed by atoms with Crippen LogP contribution in [0.25, 0.3) is 0 Å². The number of nitro groups is 1. The molecule has 0 aromatic heterocycles. The summed E-state index contributed by atoms with van der Waals surface area (Å²) in [5.74, 6) is 0.814. The van der Waals surface area contributed by atoms with E-state index in [9.17, 15) is 10.1 Å². The summed E-state index contributed by atoms with van der Waals surface area (Å²) < 4.78 is 5.42. The molecule has 180 valence electrons. The number of ether oxygens (including phenoxy) is 1. The summed E-state index contributed by atoms with van der Waals surface area (Å²) in [6.45, 7) is 12.5. The van der Waals surface area contributed by atoms with Crippen molar-refractivity contribution in [2.45, 2.75) is 45.3 Å². The van der Waals surface area contributed by atoms with Gasteiger partial charge < -0.3 is 20.3 Å². The van der Waals surface area contributed by atoms with Crippen molar-refractivity contribution < 1.29 is 9.66 Å². The van der Waals surface area contributed by atoms with E-state index in [-0.39, 0.29) is 34.6 Å². The Morgan fingerprint density at radius 1 is 1.19 bits per heavy atom. The van der Waals surface area contributed by atoms with Crippen molar-refractivity contribution in [3.05, 3.63) is 39.9 Å². The van der Waals surface area contributed by atoms with Gasteiger partial charge in [0.2, 0.25) is 0 Å². The second-order valence-corrected chi connectivity index (χ2v) is 8.52. The Morgan fingerprint density at radius 3 is 2.44 bits per heavy atom. The van der Waals surface area contributed by atoms with Crippen LogP contribution in [-0.4, -0.2) is 85.2 Å². The van der Waals surface area contributed by atoms with E-state index in [1.54, 1.807) is 12.1 Å². The Labute approximate surface area is 208 Å². The first-order valence-corrected chi connectivity index (χ1v) is 11.3. The average molecular weight is 560 g/mol. The number of likely N-dealkylation sites (tertiary alicyclic amines) is 1. The van der Waals surface area contributed by atoms with Gasteiger partial charge in [0, 0.05) is 63.5 Å². The normalized spacial score (nSPS) is 18.9. The maximum absolute atomic E-state index is 10.9. The van der Waals surface area contributed by atoms with E-state index in [0.717, 1.165) is 76.8 Å². The number of benzene rings is 1. The molecule has 1 aromatic rings. The van der Waals surface area contributed by atoms with Crippen molar-refractivity contribution >= 4 is 35.6 Å². The lowest BCUT2D eigenvalue weighted by Gasteiger charge is -2.35. The van der Waals surface area contributed by atoms with Crippen LogP contribution >= 0.6 is 24.0 Å². The van der Waals surface area contributed by atoms with E-state index < -0.39 is 0 Å². The van der Waals surface area contributed by atoms with Crippen molar-refractivity contribution in [2.24, 2.45) is 4.99 Å². The summed E-state index contributed by atoms with van der Waals surface area (Å²) in [5.41, 5.74) is 1.06. The Morgan fingerprint density at radius 2 is 1.84 bits per heavy atom. The molecule has 0 unspecified atom stereocenters. The number of aliphatic imine (C=N–C) groups is 1. The fourth-order valence-corrected chi connectivity index (χ4v) is 3.96. The van der Waals surface area contributed by atoms with Crippen LogP contribution in [0, 0.1) is 10.1 Å². The zero-order valence-electron chi connectivity index (χ0n) is 19.2. The summed E-state index contributed by atoms with van der Waals surface area (Å²) in [4.78, 5) is 20.2. The zero-order valence-corrected chi connectivity index (χ0v) is 21.5. The van der Waals surface area contributed by atoms with Crippen LogP contribution in [0.15, 0.2) is 29.3 Å². The Kier molecular flexibility index (Phi) is 11.6. The number of hydrogen-bond donors (Lipinski definition) is 2. The third-order valence-corrected chi connectivity index (χ3v) is 5.99. The van der Waals surface area contributed by atoms with Gasteiger partial charge in [-0.2, -0.15) is 0 Å². The van der Waals surface area contributed by atoms with Gasteiger partial charge in [-0.05, 0) is 32.3 Å². The average Bonchev–Trinajstić information content (AvgIpc) is 2.78. The molecule has 2 aliphatic rings. The smallest absolute Gasteiger partial charge is 0.269 e. The Bertz CT molecular complexity index is 717. The number of hydrogen-bond acceptors (Lipinski definition) is 6. The fourth-order valence-electron chi connectivity index (χ4n) is 3.96. The highest BCUT2D eigenvalue weighted by Crippen LogP contribution is 2.14. The molecular formula is C22H37IN6O3. The highest BCUT2D eigenvalue weighted by Gasteiger charge is 2.21. The van der Waals surface area contributed by atoms with Crippen molar-refractivity contribution in [1.82, 2.24) is 20.4 Å². The van der Waals surface area contributed by atoms with Gasteiger partial charge in [-0.25, -0.2) is 4.99 Å². The fraction of sp³-hybridized carbons (Fsp3) is 0.682. The summed E-state index contributed by atoms with van der Waals surface area (Å²) in [6.07, 6.45) is 2.19.